The van der Waals surface area contributed by atoms with E-state index in [1.807, 2.05) is 0 Å². The largest absolute Gasteiger partial charge is 0.508 e. The van der Waals surface area contributed by atoms with Gasteiger partial charge in [0, 0.05) is 67.1 Å². The molecule has 0 spiro atoms. The number of alkyl halides is 3. The Labute approximate surface area is 322 Å². The molecule has 0 radical (unpaired) electrons. The summed E-state index contributed by atoms with van der Waals surface area (Å²) in [4.78, 5) is 79.2. The average molecular weight is 791 g/mol. The molecule has 6 amide bonds. The van der Waals surface area contributed by atoms with E-state index in [9.17, 15) is 52.2 Å². The molecule has 3 aromatic carbocycles. The predicted molar refractivity (Wildman–Crippen MR) is 195 cm³/mol. The van der Waals surface area contributed by atoms with Gasteiger partial charge in [0.15, 0.2) is 5.82 Å². The number of rotatable bonds is 11. The number of anilines is 1. The number of hydrogen-bond acceptors (Lipinski definition) is 10. The first-order chi connectivity index (χ1) is 26.9. The molecular weight excluding hydrogens is 753 g/mol. The molecule has 5 N–H and O–H groups in total. The first kappa shape index (κ1) is 39.9. The Hall–Kier alpha value is -6.79. The SMILES string of the molecule is CC(C)c1cc(-c2nnc(C(=O)NCC(F)(F)F)n2-c2ccc(C(=O)N(C)CCC(=O)Nc3cccc4c3CN(C3CCC(=O)NC3=O)C4=O)cc2)c(O)cc1O. The van der Waals surface area contributed by atoms with E-state index in [4.69, 9.17) is 0 Å². The molecule has 1 fully saturated rings. The molecule has 1 aromatic heterocycles. The number of benzene rings is 3. The molecule has 4 aromatic rings. The predicted octanol–water partition coefficient (Wildman–Crippen LogP) is 3.62. The van der Waals surface area contributed by atoms with Gasteiger partial charge in [-0.25, -0.2) is 0 Å². The molecule has 3 heterocycles. The van der Waals surface area contributed by atoms with Gasteiger partial charge in [0.1, 0.15) is 24.1 Å². The third kappa shape index (κ3) is 8.41. The van der Waals surface area contributed by atoms with E-state index < -0.39 is 65.8 Å². The van der Waals surface area contributed by atoms with Crippen LogP contribution >= 0.6 is 0 Å². The molecule has 19 heteroatoms. The van der Waals surface area contributed by atoms with Crippen LogP contribution in [0.3, 0.4) is 0 Å². The van der Waals surface area contributed by atoms with Crippen LogP contribution in [0.25, 0.3) is 17.1 Å². The maximum atomic E-state index is 13.4. The minimum Gasteiger partial charge on any atom is -0.508 e. The van der Waals surface area contributed by atoms with Gasteiger partial charge in [-0.3, -0.25) is 38.7 Å². The summed E-state index contributed by atoms with van der Waals surface area (Å²) in [5, 5.41) is 35.7. The minimum atomic E-state index is -4.72. The van der Waals surface area contributed by atoms with Gasteiger partial charge in [-0.1, -0.05) is 19.9 Å². The van der Waals surface area contributed by atoms with Crippen LogP contribution in [0.4, 0.5) is 18.9 Å². The fraction of sp³-hybridized carbons (Fsp3) is 0.316. The number of aromatic nitrogens is 3. The zero-order valence-electron chi connectivity index (χ0n) is 30.8. The molecule has 0 saturated carbocycles. The second-order valence-corrected chi connectivity index (χ2v) is 13.9. The van der Waals surface area contributed by atoms with Gasteiger partial charge in [0.05, 0.1) is 5.56 Å². The van der Waals surface area contributed by atoms with E-state index in [0.29, 0.717) is 22.4 Å². The zero-order chi connectivity index (χ0) is 41.3. The second kappa shape index (κ2) is 15.8. The molecule has 16 nitrogen and oxygen atoms in total. The third-order valence-corrected chi connectivity index (χ3v) is 9.57. The number of nitrogens with zero attached hydrogens (tertiary/aromatic N) is 5. The van der Waals surface area contributed by atoms with E-state index >= 15 is 0 Å². The van der Waals surface area contributed by atoms with Crippen molar-refractivity contribution in [2.75, 3.05) is 25.5 Å². The van der Waals surface area contributed by atoms with E-state index in [2.05, 4.69) is 20.8 Å². The minimum absolute atomic E-state index is 0.0238. The first-order valence-electron chi connectivity index (χ1n) is 17.7. The molecule has 57 heavy (non-hydrogen) atoms. The van der Waals surface area contributed by atoms with Crippen LogP contribution in [0.2, 0.25) is 0 Å². The van der Waals surface area contributed by atoms with Gasteiger partial charge >= 0.3 is 6.18 Å². The van der Waals surface area contributed by atoms with Gasteiger partial charge in [-0.05, 0) is 60.4 Å². The smallest absolute Gasteiger partial charge is 0.405 e. The fourth-order valence-electron chi connectivity index (χ4n) is 6.61. The highest BCUT2D eigenvalue weighted by molar-refractivity contribution is 6.07. The molecule has 0 bridgehead atoms. The maximum absolute atomic E-state index is 13.4. The van der Waals surface area contributed by atoms with Crippen LogP contribution in [0.5, 0.6) is 11.5 Å². The van der Waals surface area contributed by atoms with Crippen molar-refractivity contribution in [1.82, 2.24) is 35.2 Å². The molecule has 2 aliphatic rings. The normalized spacial score (nSPS) is 15.4. The fourth-order valence-corrected chi connectivity index (χ4v) is 6.61. The number of hydrogen-bond donors (Lipinski definition) is 5. The lowest BCUT2D eigenvalue weighted by atomic mass is 9.98. The number of amides is 6. The molecule has 1 atom stereocenters. The Bertz CT molecular complexity index is 2290. The third-order valence-electron chi connectivity index (χ3n) is 9.57. The number of aromatic hydroxyl groups is 2. The lowest BCUT2D eigenvalue weighted by molar-refractivity contribution is -0.137. The van der Waals surface area contributed by atoms with Crippen molar-refractivity contribution < 1.29 is 52.2 Å². The summed E-state index contributed by atoms with van der Waals surface area (Å²) in [7, 11) is 1.47. The number of fused-ring (bicyclic) bond motifs is 1. The van der Waals surface area contributed by atoms with Crippen LogP contribution in [0, 0.1) is 0 Å². The van der Waals surface area contributed by atoms with E-state index in [1.165, 1.54) is 47.2 Å². The van der Waals surface area contributed by atoms with Crippen molar-refractivity contribution >= 4 is 41.1 Å². The number of carbonyl (C=O) groups is 6. The van der Waals surface area contributed by atoms with Gasteiger partial charge in [0.2, 0.25) is 23.5 Å². The Kier molecular flexibility index (Phi) is 11.0. The molecule has 298 valence electrons. The van der Waals surface area contributed by atoms with Gasteiger partial charge in [0.25, 0.3) is 17.7 Å². The summed E-state index contributed by atoms with van der Waals surface area (Å²) in [5.41, 5.74) is 1.94. The summed E-state index contributed by atoms with van der Waals surface area (Å²) >= 11 is 0. The summed E-state index contributed by atoms with van der Waals surface area (Å²) in [6.07, 6.45) is -4.57. The summed E-state index contributed by atoms with van der Waals surface area (Å²) in [6, 6.07) is 12.1. The van der Waals surface area contributed by atoms with E-state index in [0.717, 1.165) is 10.6 Å². The quantitative estimate of drug-likeness (QED) is 0.139. The average Bonchev–Trinajstić information content (AvgIpc) is 3.74. The van der Waals surface area contributed by atoms with Crippen molar-refractivity contribution in [3.05, 3.63) is 82.7 Å². The van der Waals surface area contributed by atoms with Crippen LogP contribution in [0.1, 0.15) is 81.5 Å². The maximum Gasteiger partial charge on any atom is 0.405 e. The van der Waals surface area contributed by atoms with E-state index in [-0.39, 0.29) is 66.7 Å². The number of carbonyl (C=O) groups excluding carboxylic acids is 6. The summed E-state index contributed by atoms with van der Waals surface area (Å²) in [6.45, 7) is 1.95. The molecule has 1 unspecified atom stereocenters. The first-order valence-corrected chi connectivity index (χ1v) is 17.7. The number of phenolic OH excluding ortho intramolecular Hbond substituents is 2. The Morgan fingerprint density at radius 1 is 1.00 bits per heavy atom. The van der Waals surface area contributed by atoms with Crippen molar-refractivity contribution in [2.45, 2.75) is 57.8 Å². The monoisotopic (exact) mass is 790 g/mol. The highest BCUT2D eigenvalue weighted by Gasteiger charge is 2.40. The number of phenols is 2. The van der Waals surface area contributed by atoms with Crippen molar-refractivity contribution in [3.8, 4) is 28.6 Å². The Morgan fingerprint density at radius 2 is 1.72 bits per heavy atom. The molecular formula is C38H37F3N8O8. The second-order valence-electron chi connectivity index (χ2n) is 13.9. The molecule has 6 rings (SSSR count). The zero-order valence-corrected chi connectivity index (χ0v) is 30.8. The standard InChI is InChI=1S/C38H37F3N8O8/c1-19(2)23-15-24(29(51)16-28(23)50)32-45-46-33(35(55)42-18-38(39,40)41)49(32)21-9-7-20(8-10-21)36(56)47(3)14-13-31(53)43-26-6-4-5-22-25(26)17-48(37(22)57)27-11-12-30(52)44-34(27)54/h4-10,15-16,19,27,50-51H,11-14,17-18H2,1-3H3,(H,42,55)(H,43,53)(H,44,52,54). The van der Waals surface area contributed by atoms with Crippen molar-refractivity contribution in [2.24, 2.45) is 0 Å². The number of nitrogens with one attached hydrogen (secondary N) is 3. The van der Waals surface area contributed by atoms with Gasteiger partial charge in [-0.2, -0.15) is 13.2 Å². The van der Waals surface area contributed by atoms with Crippen molar-refractivity contribution in [3.63, 3.8) is 0 Å². The highest BCUT2D eigenvalue weighted by atomic mass is 19.4. The van der Waals surface area contributed by atoms with Crippen molar-refractivity contribution in [1.29, 1.82) is 0 Å². The summed E-state index contributed by atoms with van der Waals surface area (Å²) in [5.74, 6) is -5.08. The Morgan fingerprint density at radius 3 is 2.39 bits per heavy atom. The molecule has 1 saturated heterocycles. The Balaban J connectivity index is 1.16. The van der Waals surface area contributed by atoms with E-state index in [1.54, 1.807) is 37.4 Å². The van der Waals surface area contributed by atoms with Gasteiger partial charge in [-0.15, -0.1) is 10.2 Å². The lowest BCUT2D eigenvalue weighted by Crippen LogP contribution is -2.52. The molecule has 2 aliphatic heterocycles. The number of piperidine rings is 1. The number of halogens is 3. The van der Waals surface area contributed by atoms with Crippen LogP contribution < -0.4 is 16.0 Å². The lowest BCUT2D eigenvalue weighted by Gasteiger charge is -2.29. The highest BCUT2D eigenvalue weighted by Crippen LogP contribution is 2.38. The van der Waals surface area contributed by atoms with Crippen LogP contribution in [0.15, 0.2) is 54.6 Å². The van der Waals surface area contributed by atoms with Crippen LogP contribution in [-0.2, 0) is 20.9 Å². The van der Waals surface area contributed by atoms with Crippen LogP contribution in [-0.4, -0.2) is 103 Å². The topological polar surface area (TPSA) is 216 Å². The number of imide groups is 1. The summed E-state index contributed by atoms with van der Waals surface area (Å²) < 4.78 is 40.0. The van der Waals surface area contributed by atoms with Gasteiger partial charge < -0.3 is 30.6 Å². The molecule has 0 aliphatic carbocycles.